The van der Waals surface area contributed by atoms with Crippen molar-refractivity contribution in [1.29, 1.82) is 0 Å². The number of halogens is 5. The Morgan fingerprint density at radius 1 is 1.00 bits per heavy atom. The van der Waals surface area contributed by atoms with Crippen molar-refractivity contribution < 1.29 is 22.4 Å². The second-order valence-corrected chi connectivity index (χ2v) is 8.24. The summed E-state index contributed by atoms with van der Waals surface area (Å²) >= 11 is 5.98. The summed E-state index contributed by atoms with van der Waals surface area (Å²) in [6, 6.07) is 9.66. The fraction of sp³-hybridized carbons (Fsp3) is 0.435. The van der Waals surface area contributed by atoms with Crippen LogP contribution in [0.5, 0.6) is 0 Å². The van der Waals surface area contributed by atoms with Gasteiger partial charge in [0.1, 0.15) is 5.82 Å². The molecule has 6 heteroatoms. The average Bonchev–Trinajstić information content (AvgIpc) is 2.68. The summed E-state index contributed by atoms with van der Waals surface area (Å²) in [5.41, 5.74) is -0.186. The molecule has 0 heterocycles. The van der Waals surface area contributed by atoms with E-state index in [0.29, 0.717) is 12.3 Å². The van der Waals surface area contributed by atoms with E-state index in [1.807, 2.05) is 6.07 Å². The minimum atomic E-state index is -4.50. The molecule has 0 aliphatic heterocycles. The van der Waals surface area contributed by atoms with Gasteiger partial charge in [-0.05, 0) is 67.3 Å². The summed E-state index contributed by atoms with van der Waals surface area (Å²) < 4.78 is 52.4. The first-order valence-corrected chi connectivity index (χ1v) is 10.2. The van der Waals surface area contributed by atoms with E-state index in [0.717, 1.165) is 55.9 Å². The van der Waals surface area contributed by atoms with Crippen molar-refractivity contribution in [3.63, 3.8) is 0 Å². The number of benzene rings is 2. The Morgan fingerprint density at radius 2 is 1.66 bits per heavy atom. The maximum Gasteiger partial charge on any atom is 0.416 e. The van der Waals surface area contributed by atoms with Crippen molar-refractivity contribution in [3.05, 3.63) is 70.0 Å². The first kappa shape index (κ1) is 21.8. The lowest BCUT2D eigenvalue weighted by Gasteiger charge is -2.28. The van der Waals surface area contributed by atoms with E-state index in [2.05, 4.69) is 0 Å². The van der Waals surface area contributed by atoms with E-state index in [1.165, 1.54) is 6.07 Å². The number of ketones is 1. The van der Waals surface area contributed by atoms with E-state index in [9.17, 15) is 22.4 Å². The zero-order chi connectivity index (χ0) is 21.0. The highest BCUT2D eigenvalue weighted by molar-refractivity contribution is 6.34. The van der Waals surface area contributed by atoms with Crippen LogP contribution in [0.2, 0.25) is 5.02 Å². The number of aryl methyl sites for hydroxylation is 1. The van der Waals surface area contributed by atoms with E-state index >= 15 is 0 Å². The van der Waals surface area contributed by atoms with Crippen LogP contribution in [0.1, 0.15) is 60.0 Å². The Hall–Kier alpha value is -1.88. The Balaban J connectivity index is 1.52. The van der Waals surface area contributed by atoms with Gasteiger partial charge >= 0.3 is 6.18 Å². The SMILES string of the molecule is O=C(CC1CCC(CCc2ccccc2F)CC1)c1cc(C(F)(F)F)ccc1Cl. The van der Waals surface area contributed by atoms with Crippen molar-refractivity contribution in [1.82, 2.24) is 0 Å². The quantitative estimate of drug-likeness (QED) is 0.345. The van der Waals surface area contributed by atoms with Crippen LogP contribution in [0, 0.1) is 17.7 Å². The molecule has 1 aliphatic carbocycles. The zero-order valence-corrected chi connectivity index (χ0v) is 16.7. The molecule has 1 aliphatic rings. The van der Waals surface area contributed by atoms with Crippen LogP contribution in [-0.2, 0) is 12.6 Å². The van der Waals surface area contributed by atoms with Crippen LogP contribution in [0.4, 0.5) is 17.6 Å². The summed E-state index contributed by atoms with van der Waals surface area (Å²) in [5, 5.41) is 0.0570. The smallest absolute Gasteiger partial charge is 0.294 e. The van der Waals surface area contributed by atoms with Gasteiger partial charge in [-0.2, -0.15) is 13.2 Å². The number of rotatable bonds is 6. The maximum atomic E-state index is 13.7. The minimum Gasteiger partial charge on any atom is -0.294 e. The van der Waals surface area contributed by atoms with Crippen LogP contribution < -0.4 is 0 Å². The van der Waals surface area contributed by atoms with E-state index in [4.69, 9.17) is 11.6 Å². The summed E-state index contributed by atoms with van der Waals surface area (Å²) in [7, 11) is 0. The second-order valence-electron chi connectivity index (χ2n) is 7.84. The van der Waals surface area contributed by atoms with Gasteiger partial charge in [-0.1, -0.05) is 42.6 Å². The summed E-state index contributed by atoms with van der Waals surface area (Å²) in [6.07, 6.45) is 0.902. The molecule has 0 amide bonds. The Morgan fingerprint density at radius 3 is 2.31 bits per heavy atom. The lowest BCUT2D eigenvalue weighted by atomic mass is 9.77. The summed E-state index contributed by atoms with van der Waals surface area (Å²) in [6.45, 7) is 0. The molecule has 0 radical (unpaired) electrons. The highest BCUT2D eigenvalue weighted by Crippen LogP contribution is 2.36. The van der Waals surface area contributed by atoms with Crippen molar-refractivity contribution in [2.75, 3.05) is 0 Å². The highest BCUT2D eigenvalue weighted by atomic mass is 35.5. The monoisotopic (exact) mass is 426 g/mol. The molecule has 3 rings (SSSR count). The molecule has 2 aromatic carbocycles. The molecule has 1 nitrogen and oxygen atoms in total. The van der Waals surface area contributed by atoms with Gasteiger partial charge in [0.05, 0.1) is 10.6 Å². The van der Waals surface area contributed by atoms with E-state index < -0.39 is 11.7 Å². The molecule has 1 saturated carbocycles. The van der Waals surface area contributed by atoms with Crippen molar-refractivity contribution >= 4 is 17.4 Å². The highest BCUT2D eigenvalue weighted by Gasteiger charge is 2.32. The third-order valence-corrected chi connectivity index (χ3v) is 6.14. The van der Waals surface area contributed by atoms with Crippen LogP contribution in [0.3, 0.4) is 0 Å². The predicted molar refractivity (Wildman–Crippen MR) is 106 cm³/mol. The molecule has 1 fully saturated rings. The number of hydrogen-bond acceptors (Lipinski definition) is 1. The standard InChI is InChI=1S/C23H23ClF4O/c24-20-12-11-18(23(26,27)28)14-19(20)22(29)13-16-7-5-15(6-8-16)9-10-17-3-1-2-4-21(17)25/h1-4,11-12,14-16H,5-10,13H2. The average molecular weight is 427 g/mol. The van der Waals surface area contributed by atoms with Gasteiger partial charge in [0, 0.05) is 12.0 Å². The molecule has 156 valence electrons. The molecular weight excluding hydrogens is 404 g/mol. The summed E-state index contributed by atoms with van der Waals surface area (Å²) in [5.74, 6) is 0.122. The van der Waals surface area contributed by atoms with Crippen molar-refractivity contribution in [2.45, 2.75) is 51.1 Å². The third-order valence-electron chi connectivity index (χ3n) is 5.81. The van der Waals surface area contributed by atoms with Crippen LogP contribution in [0.15, 0.2) is 42.5 Å². The molecule has 29 heavy (non-hydrogen) atoms. The van der Waals surface area contributed by atoms with Crippen LogP contribution >= 0.6 is 11.6 Å². The Kier molecular flexibility index (Phi) is 6.99. The molecule has 0 N–H and O–H groups in total. The topological polar surface area (TPSA) is 17.1 Å². The van der Waals surface area contributed by atoms with Gasteiger partial charge in [-0.3, -0.25) is 4.79 Å². The lowest BCUT2D eigenvalue weighted by Crippen LogP contribution is -2.18. The van der Waals surface area contributed by atoms with Gasteiger partial charge in [0.2, 0.25) is 0 Å². The third kappa shape index (κ3) is 5.81. The lowest BCUT2D eigenvalue weighted by molar-refractivity contribution is -0.137. The number of carbonyl (C=O) groups is 1. The largest absolute Gasteiger partial charge is 0.416 e. The Labute approximate surface area is 173 Å². The minimum absolute atomic E-state index is 0.0526. The first-order valence-electron chi connectivity index (χ1n) is 9.87. The molecule has 0 aromatic heterocycles. The predicted octanol–water partition coefficient (Wildman–Crippen LogP) is 7.51. The molecule has 0 spiro atoms. The number of carbonyl (C=O) groups excluding carboxylic acids is 1. The number of alkyl halides is 3. The maximum absolute atomic E-state index is 13.7. The number of hydrogen-bond donors (Lipinski definition) is 0. The molecule has 0 unspecified atom stereocenters. The van der Waals surface area contributed by atoms with Crippen LogP contribution in [-0.4, -0.2) is 5.78 Å². The van der Waals surface area contributed by atoms with Gasteiger partial charge in [0.15, 0.2) is 5.78 Å². The normalized spacial score (nSPS) is 19.9. The summed E-state index contributed by atoms with van der Waals surface area (Å²) in [4.78, 5) is 12.5. The van der Waals surface area contributed by atoms with Crippen LogP contribution in [0.25, 0.3) is 0 Å². The molecule has 0 atom stereocenters. The van der Waals surface area contributed by atoms with Crippen molar-refractivity contribution in [2.24, 2.45) is 11.8 Å². The van der Waals surface area contributed by atoms with Gasteiger partial charge in [-0.15, -0.1) is 0 Å². The van der Waals surface area contributed by atoms with Gasteiger partial charge < -0.3 is 0 Å². The fourth-order valence-electron chi connectivity index (χ4n) is 4.07. The second kappa shape index (κ2) is 9.29. The van der Waals surface area contributed by atoms with Gasteiger partial charge in [0.25, 0.3) is 0 Å². The Bertz CT molecular complexity index is 854. The molecule has 2 aromatic rings. The van der Waals surface area contributed by atoms with E-state index in [-0.39, 0.29) is 34.5 Å². The van der Waals surface area contributed by atoms with Gasteiger partial charge in [-0.25, -0.2) is 4.39 Å². The molecule has 0 bridgehead atoms. The fourth-order valence-corrected chi connectivity index (χ4v) is 4.30. The zero-order valence-electron chi connectivity index (χ0n) is 15.9. The van der Waals surface area contributed by atoms with E-state index in [1.54, 1.807) is 12.1 Å². The molecular formula is C23H23ClF4O. The first-order chi connectivity index (χ1) is 13.7. The van der Waals surface area contributed by atoms with Crippen molar-refractivity contribution in [3.8, 4) is 0 Å². The number of Topliss-reactive ketones (excluding diaryl/α,β-unsaturated/α-hetero) is 1. The molecule has 0 saturated heterocycles.